The molecule has 1 aromatic carbocycles. The van der Waals surface area contributed by atoms with Gasteiger partial charge in [-0.05, 0) is 38.1 Å². The number of hydrogen-bond donors (Lipinski definition) is 6. The number of anilines is 1. The van der Waals surface area contributed by atoms with Crippen molar-refractivity contribution in [2.75, 3.05) is 25.4 Å². The Hall–Kier alpha value is -4.33. The van der Waals surface area contributed by atoms with E-state index in [0.29, 0.717) is 22.0 Å². The molecule has 2 saturated heterocycles. The van der Waals surface area contributed by atoms with Gasteiger partial charge in [0.15, 0.2) is 10.8 Å². The number of hydrogen-bond acceptors (Lipinski definition) is 13. The van der Waals surface area contributed by atoms with Crippen LogP contribution < -0.4 is 26.8 Å². The van der Waals surface area contributed by atoms with Crippen molar-refractivity contribution in [3.05, 3.63) is 40.4 Å². The van der Waals surface area contributed by atoms with Gasteiger partial charge in [0.2, 0.25) is 0 Å². The van der Waals surface area contributed by atoms with Gasteiger partial charge in [0.05, 0.1) is 12.1 Å². The lowest BCUT2D eigenvalue weighted by Crippen LogP contribution is -2.71. The van der Waals surface area contributed by atoms with Crippen LogP contribution in [0.2, 0.25) is 0 Å². The van der Waals surface area contributed by atoms with E-state index in [1.807, 2.05) is 0 Å². The third-order valence-electron chi connectivity index (χ3n) is 6.30. The van der Waals surface area contributed by atoms with E-state index in [4.69, 9.17) is 21.0 Å². The minimum absolute atomic E-state index is 0.0429. The molecular formula is C23H28N8O9S2. The van der Waals surface area contributed by atoms with Gasteiger partial charge in [0.1, 0.15) is 29.9 Å². The first kappa shape index (κ1) is 30.6. The number of carbonyl (C=O) groups is 3. The van der Waals surface area contributed by atoms with Crippen molar-refractivity contribution in [1.82, 2.24) is 19.9 Å². The zero-order valence-corrected chi connectivity index (χ0v) is 23.9. The molecule has 0 bridgehead atoms. The van der Waals surface area contributed by atoms with Crippen LogP contribution in [0.15, 0.2) is 34.4 Å². The maximum atomic E-state index is 13.1. The summed E-state index contributed by atoms with van der Waals surface area (Å²) in [7, 11) is -4.82. The van der Waals surface area contributed by atoms with Crippen LogP contribution in [0.4, 0.5) is 5.13 Å². The second kappa shape index (κ2) is 12.3. The summed E-state index contributed by atoms with van der Waals surface area (Å²) < 4.78 is 37.7. The van der Waals surface area contributed by atoms with Crippen LogP contribution in [0.5, 0.6) is 5.75 Å². The third-order valence-corrected chi connectivity index (χ3v) is 8.11. The summed E-state index contributed by atoms with van der Waals surface area (Å²) >= 11 is 1.02. The number of amidine groups is 1. The molecule has 2 amide bonds. The largest absolute Gasteiger partial charge is 0.489 e. The molecule has 19 heteroatoms. The summed E-state index contributed by atoms with van der Waals surface area (Å²) in [5.74, 6) is -2.90. The number of amides is 2. The van der Waals surface area contributed by atoms with Gasteiger partial charge in [0, 0.05) is 23.5 Å². The summed E-state index contributed by atoms with van der Waals surface area (Å²) in [4.78, 5) is 51.2. The summed E-state index contributed by atoms with van der Waals surface area (Å²) in [5.41, 5.74) is 11.9. The number of thiazole rings is 1. The number of oxime groups is 1. The predicted octanol–water partition coefficient (Wildman–Crippen LogP) is -1.52. The second-order valence-electron chi connectivity index (χ2n) is 9.29. The number of aromatic nitrogens is 1. The number of nitrogens with two attached hydrogens (primary N) is 2. The Bertz CT molecular complexity index is 1540. The number of nitrogen functional groups attached to an aromatic ring is 1. The number of nitrogens with zero attached hydrogens (tertiary/aromatic N) is 4. The Morgan fingerprint density at radius 3 is 2.48 bits per heavy atom. The van der Waals surface area contributed by atoms with Crippen LogP contribution in [-0.2, 0) is 29.5 Å². The van der Waals surface area contributed by atoms with E-state index < -0.39 is 58.6 Å². The standard InChI is InChI=1S/C23H28N8O9S2/c1-10-16(21(33)31(10)42(36,37)38)28-20(32)18(17-11(2)41-23(25)29-17)30-40-15(22(34)35)9-39-14-5-3-12(4-6-14)19(24)27-13-7-26-8-13/h3-6,10,13,15-16,26H,7-9H2,1-2H3,(H2,24,27)(H2,25,29)(H,28,32)(H,34,35)(H,36,37,38)/t10-,15?,16-/m0/s1. The molecule has 1 unspecified atom stereocenters. The minimum Gasteiger partial charge on any atom is -0.489 e. The van der Waals surface area contributed by atoms with Gasteiger partial charge in [-0.3, -0.25) is 19.1 Å². The van der Waals surface area contributed by atoms with Gasteiger partial charge in [-0.1, -0.05) is 5.16 Å². The van der Waals surface area contributed by atoms with Crippen LogP contribution >= 0.6 is 11.3 Å². The molecule has 17 nitrogen and oxygen atoms in total. The molecule has 2 aromatic rings. The number of β-lactam (4-membered cyclic amide) rings is 1. The molecule has 3 atom stereocenters. The highest BCUT2D eigenvalue weighted by molar-refractivity contribution is 7.84. The molecule has 1 aromatic heterocycles. The molecule has 3 heterocycles. The van der Waals surface area contributed by atoms with Gasteiger partial charge in [-0.2, -0.15) is 8.42 Å². The Kier molecular flexibility index (Phi) is 8.95. The van der Waals surface area contributed by atoms with Gasteiger partial charge in [0.25, 0.3) is 17.9 Å². The quantitative estimate of drug-likeness (QED) is 0.0516. The topological polar surface area (TPSA) is 261 Å². The summed E-state index contributed by atoms with van der Waals surface area (Å²) in [6.07, 6.45) is -1.68. The van der Waals surface area contributed by atoms with Crippen LogP contribution in [0.1, 0.15) is 23.1 Å². The Labute approximate surface area is 243 Å². The van der Waals surface area contributed by atoms with E-state index >= 15 is 0 Å². The highest BCUT2D eigenvalue weighted by Crippen LogP contribution is 2.24. The number of benzene rings is 1. The monoisotopic (exact) mass is 624 g/mol. The van der Waals surface area contributed by atoms with Crippen LogP contribution in [0.3, 0.4) is 0 Å². The first-order valence-electron chi connectivity index (χ1n) is 12.3. The number of rotatable bonds is 12. The first-order chi connectivity index (χ1) is 19.8. The molecule has 226 valence electrons. The number of carboxylic acid groups (broad SMARTS) is 1. The highest BCUT2D eigenvalue weighted by atomic mass is 32.2. The lowest BCUT2D eigenvalue weighted by molar-refractivity contribution is -0.152. The van der Waals surface area contributed by atoms with E-state index in [1.54, 1.807) is 31.2 Å². The lowest BCUT2D eigenvalue weighted by Gasteiger charge is -2.42. The molecule has 2 aliphatic rings. The van der Waals surface area contributed by atoms with E-state index in [1.165, 1.54) is 6.92 Å². The molecule has 0 radical (unpaired) electrons. The molecule has 0 saturated carbocycles. The molecule has 0 aliphatic carbocycles. The van der Waals surface area contributed by atoms with Gasteiger partial charge in [-0.15, -0.1) is 11.3 Å². The minimum atomic E-state index is -4.82. The zero-order chi connectivity index (χ0) is 30.8. The molecule has 42 heavy (non-hydrogen) atoms. The number of carbonyl (C=O) groups excluding carboxylic acids is 2. The summed E-state index contributed by atoms with van der Waals surface area (Å²) in [6, 6.07) is 4.17. The molecule has 2 aliphatic heterocycles. The van der Waals surface area contributed by atoms with Crippen molar-refractivity contribution in [2.24, 2.45) is 15.9 Å². The van der Waals surface area contributed by atoms with Crippen molar-refractivity contribution in [3.63, 3.8) is 0 Å². The van der Waals surface area contributed by atoms with E-state index in [2.05, 4.69) is 25.8 Å². The maximum Gasteiger partial charge on any atom is 0.362 e. The van der Waals surface area contributed by atoms with Crippen molar-refractivity contribution in [2.45, 2.75) is 38.1 Å². The SMILES string of the molecule is Cc1sc(N)nc1C(=NOC(COc1ccc(C(N)=NC2CNC2)cc1)C(=O)O)C(=O)N[C@@H]1C(=O)N(S(=O)(=O)O)[C@H]1C. The molecule has 8 N–H and O–H groups in total. The highest BCUT2D eigenvalue weighted by Gasteiger charge is 2.51. The number of carboxylic acids is 1. The number of aliphatic imine (C=N–C) groups is 1. The molecule has 0 spiro atoms. The fourth-order valence-corrected chi connectivity index (χ4v) is 5.51. The number of ether oxygens (including phenoxy) is 1. The third kappa shape index (κ3) is 6.75. The van der Waals surface area contributed by atoms with Crippen LogP contribution in [-0.4, -0.2) is 101 Å². The molecular weight excluding hydrogens is 596 g/mol. The predicted molar refractivity (Wildman–Crippen MR) is 149 cm³/mol. The van der Waals surface area contributed by atoms with Gasteiger partial charge < -0.3 is 36.8 Å². The van der Waals surface area contributed by atoms with Crippen molar-refractivity contribution in [1.29, 1.82) is 0 Å². The normalized spacial score (nSPS) is 20.4. The lowest BCUT2D eigenvalue weighted by atomic mass is 10.0. The van der Waals surface area contributed by atoms with Gasteiger partial charge >= 0.3 is 16.3 Å². The fourth-order valence-electron chi connectivity index (χ4n) is 3.93. The second-order valence-corrected chi connectivity index (χ2v) is 11.8. The summed E-state index contributed by atoms with van der Waals surface area (Å²) in [5, 5.41) is 18.8. The van der Waals surface area contributed by atoms with Crippen molar-refractivity contribution < 1.29 is 42.0 Å². The smallest absolute Gasteiger partial charge is 0.362 e. The number of aliphatic carboxylic acids is 1. The van der Waals surface area contributed by atoms with E-state index in [9.17, 15) is 32.5 Å². The maximum absolute atomic E-state index is 13.1. The number of aryl methyl sites for hydroxylation is 1. The Morgan fingerprint density at radius 1 is 1.31 bits per heavy atom. The average molecular weight is 625 g/mol. The first-order valence-corrected chi connectivity index (χ1v) is 14.6. The summed E-state index contributed by atoms with van der Waals surface area (Å²) in [6.45, 7) is 3.86. The molecule has 4 rings (SSSR count). The zero-order valence-electron chi connectivity index (χ0n) is 22.3. The van der Waals surface area contributed by atoms with Crippen molar-refractivity contribution >= 4 is 56.1 Å². The number of nitrogens with one attached hydrogen (secondary N) is 2. The van der Waals surface area contributed by atoms with Crippen LogP contribution in [0.25, 0.3) is 0 Å². The Balaban J connectivity index is 1.46. The Morgan fingerprint density at radius 2 is 1.98 bits per heavy atom. The van der Waals surface area contributed by atoms with E-state index in [0.717, 1.165) is 24.4 Å². The van der Waals surface area contributed by atoms with E-state index in [-0.39, 0.29) is 21.2 Å². The average Bonchev–Trinajstić information content (AvgIpc) is 3.23. The van der Waals surface area contributed by atoms with Crippen LogP contribution in [0, 0.1) is 6.92 Å². The molecule has 2 fully saturated rings. The fraction of sp³-hybridized carbons (Fsp3) is 0.391. The van der Waals surface area contributed by atoms with Crippen molar-refractivity contribution in [3.8, 4) is 5.75 Å². The van der Waals surface area contributed by atoms with Gasteiger partial charge in [-0.25, -0.2) is 14.1 Å².